The van der Waals surface area contributed by atoms with Crippen LogP contribution in [0.3, 0.4) is 0 Å². The number of rotatable bonds is 6. The van der Waals surface area contributed by atoms with Crippen LogP contribution in [0.4, 0.5) is 5.69 Å². The fourth-order valence-corrected chi connectivity index (χ4v) is 3.63. The second-order valence-electron chi connectivity index (χ2n) is 7.42. The first-order chi connectivity index (χ1) is 13.0. The zero-order chi connectivity index (χ0) is 19.4. The molecule has 2 N–H and O–H groups in total. The summed E-state index contributed by atoms with van der Waals surface area (Å²) in [6.07, 6.45) is 2.49. The molecule has 2 aromatic rings. The highest BCUT2D eigenvalue weighted by atomic mass is 16.3. The van der Waals surface area contributed by atoms with Gasteiger partial charge in [0.25, 0.3) is 0 Å². The average molecular weight is 371 g/mol. The van der Waals surface area contributed by atoms with Crippen LogP contribution >= 0.6 is 0 Å². The quantitative estimate of drug-likeness (QED) is 0.813. The van der Waals surface area contributed by atoms with Gasteiger partial charge in [0.15, 0.2) is 5.82 Å². The van der Waals surface area contributed by atoms with Gasteiger partial charge in [-0.3, -0.25) is 4.79 Å². The van der Waals surface area contributed by atoms with E-state index in [0.29, 0.717) is 18.2 Å². The third-order valence-electron chi connectivity index (χ3n) is 5.42. The molecule has 1 aromatic carbocycles. The normalized spacial score (nSPS) is 15.9. The molecule has 7 heteroatoms. The highest BCUT2D eigenvalue weighted by Crippen LogP contribution is 2.27. The molecule has 0 radical (unpaired) electrons. The third kappa shape index (κ3) is 4.73. The van der Waals surface area contributed by atoms with E-state index in [1.165, 1.54) is 0 Å². The minimum Gasteiger partial charge on any atom is -0.388 e. The molecule has 0 bridgehead atoms. The molecule has 3 rings (SSSR count). The van der Waals surface area contributed by atoms with E-state index in [0.717, 1.165) is 55.1 Å². The van der Waals surface area contributed by atoms with Crippen molar-refractivity contribution in [3.05, 3.63) is 41.0 Å². The van der Waals surface area contributed by atoms with Gasteiger partial charge in [-0.25, -0.2) is 0 Å². The number of carbonyl (C=O) groups excluding carboxylic acids is 1. The first-order valence-corrected chi connectivity index (χ1v) is 9.56. The van der Waals surface area contributed by atoms with Gasteiger partial charge in [-0.1, -0.05) is 12.1 Å². The average Bonchev–Trinajstić information content (AvgIpc) is 3.04. The van der Waals surface area contributed by atoms with Crippen LogP contribution in [0.2, 0.25) is 0 Å². The predicted octanol–water partition coefficient (Wildman–Crippen LogP) is 2.13. The zero-order valence-electron chi connectivity index (χ0n) is 16.4. The Bertz CT molecular complexity index is 794. The van der Waals surface area contributed by atoms with E-state index >= 15 is 0 Å². The van der Waals surface area contributed by atoms with E-state index in [-0.39, 0.29) is 12.5 Å². The van der Waals surface area contributed by atoms with Crippen LogP contribution in [0.15, 0.2) is 18.2 Å². The number of benzene rings is 1. The minimum atomic E-state index is -0.0854. The van der Waals surface area contributed by atoms with Gasteiger partial charge in [0, 0.05) is 31.6 Å². The number of aliphatic hydroxyl groups is 1. The highest BCUT2D eigenvalue weighted by molar-refractivity contribution is 5.91. The standard InChI is InChI=1S/C20H29N5O2/c1-14-4-5-15(2)17(12-14)21-19(27)8-11-25-9-6-16(7-10-25)20-23-22-18(13-26)24(20)3/h4-5,12,16,26H,6-11,13H2,1-3H3,(H,21,27). The predicted molar refractivity (Wildman–Crippen MR) is 105 cm³/mol. The van der Waals surface area contributed by atoms with Crippen LogP contribution in [0, 0.1) is 13.8 Å². The van der Waals surface area contributed by atoms with Gasteiger partial charge in [-0.2, -0.15) is 0 Å². The molecule has 1 fully saturated rings. The van der Waals surface area contributed by atoms with Crippen LogP contribution in [-0.2, 0) is 18.4 Å². The number of anilines is 1. The number of aliphatic hydroxyl groups excluding tert-OH is 1. The summed E-state index contributed by atoms with van der Waals surface area (Å²) in [5.74, 6) is 1.98. The maximum Gasteiger partial charge on any atom is 0.225 e. The van der Waals surface area contributed by atoms with Crippen molar-refractivity contribution in [2.45, 2.75) is 45.6 Å². The lowest BCUT2D eigenvalue weighted by molar-refractivity contribution is -0.116. The SMILES string of the molecule is Cc1ccc(C)c(NC(=O)CCN2CCC(c3nnc(CO)n3C)CC2)c1. The molecule has 0 spiro atoms. The van der Waals surface area contributed by atoms with Crippen LogP contribution in [0.1, 0.15) is 48.0 Å². The topological polar surface area (TPSA) is 83.3 Å². The number of nitrogens with zero attached hydrogens (tertiary/aromatic N) is 4. The van der Waals surface area contributed by atoms with Crippen LogP contribution < -0.4 is 5.32 Å². The first-order valence-electron chi connectivity index (χ1n) is 9.56. The smallest absolute Gasteiger partial charge is 0.225 e. The molecule has 27 heavy (non-hydrogen) atoms. The maximum atomic E-state index is 12.3. The van der Waals surface area contributed by atoms with Crippen molar-refractivity contribution < 1.29 is 9.90 Å². The number of likely N-dealkylation sites (tertiary alicyclic amines) is 1. The lowest BCUT2D eigenvalue weighted by atomic mass is 9.96. The fraction of sp³-hybridized carbons (Fsp3) is 0.550. The number of aromatic nitrogens is 3. The van der Waals surface area contributed by atoms with Crippen molar-refractivity contribution in [2.24, 2.45) is 7.05 Å². The van der Waals surface area contributed by atoms with Gasteiger partial charge in [0.2, 0.25) is 5.91 Å². The summed E-state index contributed by atoms with van der Waals surface area (Å²) in [6, 6.07) is 6.10. The lowest BCUT2D eigenvalue weighted by Gasteiger charge is -2.31. The van der Waals surface area contributed by atoms with Gasteiger partial charge in [-0.15, -0.1) is 10.2 Å². The second kappa shape index (κ2) is 8.63. The molecular formula is C20H29N5O2. The van der Waals surface area contributed by atoms with Gasteiger partial charge < -0.3 is 19.9 Å². The molecule has 7 nitrogen and oxygen atoms in total. The molecule has 0 unspecified atom stereocenters. The maximum absolute atomic E-state index is 12.3. The largest absolute Gasteiger partial charge is 0.388 e. The zero-order valence-corrected chi connectivity index (χ0v) is 16.4. The van der Waals surface area contributed by atoms with Crippen LogP contribution in [-0.4, -0.2) is 50.3 Å². The molecule has 1 saturated heterocycles. The van der Waals surface area contributed by atoms with E-state index in [1.807, 2.05) is 37.6 Å². The second-order valence-corrected chi connectivity index (χ2v) is 7.42. The van der Waals surface area contributed by atoms with E-state index in [2.05, 4.69) is 26.5 Å². The van der Waals surface area contributed by atoms with E-state index < -0.39 is 0 Å². The minimum absolute atomic E-state index is 0.0618. The summed E-state index contributed by atoms with van der Waals surface area (Å²) in [7, 11) is 1.91. The monoisotopic (exact) mass is 371 g/mol. The molecule has 1 amide bonds. The van der Waals surface area contributed by atoms with Gasteiger partial charge >= 0.3 is 0 Å². The van der Waals surface area contributed by atoms with E-state index in [9.17, 15) is 9.90 Å². The number of hydrogen-bond acceptors (Lipinski definition) is 5. The Hall–Kier alpha value is -2.25. The number of piperidine rings is 1. The molecule has 1 aromatic heterocycles. The summed E-state index contributed by atoms with van der Waals surface area (Å²) in [6.45, 7) is 6.61. The summed E-state index contributed by atoms with van der Waals surface area (Å²) < 4.78 is 1.90. The molecule has 146 valence electrons. The van der Waals surface area contributed by atoms with Crippen molar-refractivity contribution in [2.75, 3.05) is 25.0 Å². The fourth-order valence-electron chi connectivity index (χ4n) is 3.63. The van der Waals surface area contributed by atoms with Crippen LogP contribution in [0.25, 0.3) is 0 Å². The van der Waals surface area contributed by atoms with E-state index in [1.54, 1.807) is 0 Å². The van der Waals surface area contributed by atoms with Crippen molar-refractivity contribution in [3.63, 3.8) is 0 Å². The number of hydrogen-bond donors (Lipinski definition) is 2. The Morgan fingerprint density at radius 3 is 2.67 bits per heavy atom. The first kappa shape index (κ1) is 19.5. The lowest BCUT2D eigenvalue weighted by Crippen LogP contribution is -2.35. The van der Waals surface area contributed by atoms with E-state index in [4.69, 9.17) is 0 Å². The molecule has 1 aliphatic rings. The molecule has 2 heterocycles. The number of carbonyl (C=O) groups is 1. The summed E-state index contributed by atoms with van der Waals surface area (Å²) in [5.41, 5.74) is 3.13. The highest BCUT2D eigenvalue weighted by Gasteiger charge is 2.25. The molecule has 1 aliphatic heterocycles. The Kier molecular flexibility index (Phi) is 6.23. The Balaban J connectivity index is 1.46. The summed E-state index contributed by atoms with van der Waals surface area (Å²) in [5, 5.41) is 20.6. The van der Waals surface area contributed by atoms with Crippen molar-refractivity contribution in [1.82, 2.24) is 19.7 Å². The molecule has 0 aliphatic carbocycles. The summed E-state index contributed by atoms with van der Waals surface area (Å²) >= 11 is 0. The van der Waals surface area contributed by atoms with Gasteiger partial charge in [-0.05, 0) is 57.0 Å². The molecule has 0 saturated carbocycles. The number of nitrogens with one attached hydrogen (secondary N) is 1. The molecular weight excluding hydrogens is 342 g/mol. The Labute approximate surface area is 160 Å². The number of aryl methyl sites for hydroxylation is 2. The third-order valence-corrected chi connectivity index (χ3v) is 5.42. The van der Waals surface area contributed by atoms with Gasteiger partial charge in [0.1, 0.15) is 12.4 Å². The number of amides is 1. The molecule has 0 atom stereocenters. The van der Waals surface area contributed by atoms with Crippen LogP contribution in [0.5, 0.6) is 0 Å². The van der Waals surface area contributed by atoms with Gasteiger partial charge in [0.05, 0.1) is 0 Å². The Morgan fingerprint density at radius 1 is 1.26 bits per heavy atom. The van der Waals surface area contributed by atoms with Crippen molar-refractivity contribution >= 4 is 11.6 Å². The van der Waals surface area contributed by atoms with Crippen molar-refractivity contribution in [3.8, 4) is 0 Å². The van der Waals surface area contributed by atoms with Crippen molar-refractivity contribution in [1.29, 1.82) is 0 Å². The Morgan fingerprint density at radius 2 is 2.00 bits per heavy atom. The summed E-state index contributed by atoms with van der Waals surface area (Å²) in [4.78, 5) is 14.6.